The summed E-state index contributed by atoms with van der Waals surface area (Å²) in [5.41, 5.74) is 5.70. The van der Waals surface area contributed by atoms with E-state index in [1.807, 2.05) is 72.8 Å². The standard InChI is InChI=1S/C36H41Cl3N2O4/c1-3-18-41(31-12-4-5-13-31)22-32-24(2)33(27-16-14-25(23-42)15-17-27)45-34(44-32)30-11-7-10-29(20-30)28-9-6-8-26(19-28)21-40-35(43)36(37,38)39/h3,6-11,14-17,19-20,24,31-34,42H,1,4-5,12-13,18,21-23H2,2H3,(H,40,43). The summed E-state index contributed by atoms with van der Waals surface area (Å²) in [7, 11) is 0. The molecule has 3 aromatic rings. The van der Waals surface area contributed by atoms with E-state index in [1.54, 1.807) is 0 Å². The number of amides is 1. The largest absolute Gasteiger partial charge is 0.392 e. The second-order valence-electron chi connectivity index (χ2n) is 12.0. The van der Waals surface area contributed by atoms with E-state index in [0.717, 1.165) is 46.5 Å². The molecule has 1 amide bonds. The molecule has 4 atom stereocenters. The molecule has 2 N–H and O–H groups in total. The molecule has 2 aliphatic rings. The van der Waals surface area contributed by atoms with Crippen molar-refractivity contribution in [2.45, 2.75) is 74.1 Å². The summed E-state index contributed by atoms with van der Waals surface area (Å²) < 4.78 is 11.5. The lowest BCUT2D eigenvalue weighted by Crippen LogP contribution is -2.47. The Morgan fingerprint density at radius 3 is 2.33 bits per heavy atom. The molecule has 0 radical (unpaired) electrons. The van der Waals surface area contributed by atoms with Crippen LogP contribution in [0.2, 0.25) is 0 Å². The molecule has 1 aliphatic carbocycles. The predicted molar refractivity (Wildman–Crippen MR) is 181 cm³/mol. The molecule has 1 heterocycles. The van der Waals surface area contributed by atoms with Crippen LogP contribution >= 0.6 is 34.8 Å². The van der Waals surface area contributed by atoms with E-state index < -0.39 is 16.0 Å². The monoisotopic (exact) mass is 670 g/mol. The fourth-order valence-electron chi connectivity index (χ4n) is 6.38. The zero-order valence-electron chi connectivity index (χ0n) is 25.5. The van der Waals surface area contributed by atoms with Crippen molar-refractivity contribution in [1.29, 1.82) is 0 Å². The molecule has 0 spiro atoms. The van der Waals surface area contributed by atoms with Gasteiger partial charge in [-0.1, -0.05) is 121 Å². The summed E-state index contributed by atoms with van der Waals surface area (Å²) in [6.07, 6.45) is 6.09. The highest BCUT2D eigenvalue weighted by Gasteiger charge is 2.40. The molecule has 1 saturated heterocycles. The van der Waals surface area contributed by atoms with Crippen LogP contribution in [0, 0.1) is 5.92 Å². The molecule has 1 aliphatic heterocycles. The van der Waals surface area contributed by atoms with Gasteiger partial charge in [-0.25, -0.2) is 0 Å². The maximum Gasteiger partial charge on any atom is 0.272 e. The number of hydrogen-bond donors (Lipinski definition) is 2. The van der Waals surface area contributed by atoms with Crippen molar-refractivity contribution >= 4 is 40.7 Å². The highest BCUT2D eigenvalue weighted by molar-refractivity contribution is 6.76. The Kier molecular flexibility index (Phi) is 11.6. The second kappa shape index (κ2) is 15.4. The van der Waals surface area contributed by atoms with Crippen LogP contribution in [0.5, 0.6) is 0 Å². The van der Waals surface area contributed by atoms with Crippen molar-refractivity contribution in [3.63, 3.8) is 0 Å². The van der Waals surface area contributed by atoms with E-state index in [0.29, 0.717) is 6.04 Å². The van der Waals surface area contributed by atoms with E-state index >= 15 is 0 Å². The number of aliphatic hydroxyl groups is 1. The van der Waals surface area contributed by atoms with Crippen LogP contribution in [0.15, 0.2) is 85.5 Å². The minimum absolute atomic E-state index is 0.000881. The summed E-state index contributed by atoms with van der Waals surface area (Å²) in [6, 6.07) is 24.6. The van der Waals surface area contributed by atoms with Gasteiger partial charge in [-0.3, -0.25) is 9.69 Å². The first-order valence-electron chi connectivity index (χ1n) is 15.6. The first kappa shape index (κ1) is 33.9. The van der Waals surface area contributed by atoms with E-state index in [4.69, 9.17) is 44.3 Å². The number of nitrogens with zero attached hydrogens (tertiary/aromatic N) is 1. The number of carbonyl (C=O) groups is 1. The van der Waals surface area contributed by atoms with Gasteiger partial charge in [0.05, 0.1) is 18.8 Å². The first-order chi connectivity index (χ1) is 21.7. The molecule has 5 rings (SSSR count). The summed E-state index contributed by atoms with van der Waals surface area (Å²) in [4.78, 5) is 14.6. The molecule has 240 valence electrons. The Balaban J connectivity index is 1.41. The van der Waals surface area contributed by atoms with Crippen LogP contribution in [-0.2, 0) is 27.4 Å². The number of rotatable bonds is 11. The molecule has 4 unspecified atom stereocenters. The van der Waals surface area contributed by atoms with Crippen LogP contribution in [0.4, 0.5) is 0 Å². The van der Waals surface area contributed by atoms with Crippen LogP contribution in [-0.4, -0.2) is 44.9 Å². The maximum absolute atomic E-state index is 12.0. The van der Waals surface area contributed by atoms with Gasteiger partial charge in [-0.15, -0.1) is 6.58 Å². The van der Waals surface area contributed by atoms with Gasteiger partial charge in [-0.05, 0) is 52.8 Å². The number of halogens is 3. The Labute approximate surface area is 281 Å². The van der Waals surface area contributed by atoms with Crippen molar-refractivity contribution < 1.29 is 19.4 Å². The minimum atomic E-state index is -2.01. The lowest BCUT2D eigenvalue weighted by molar-refractivity contribution is -0.276. The highest BCUT2D eigenvalue weighted by Crippen LogP contribution is 2.43. The van der Waals surface area contributed by atoms with Gasteiger partial charge in [-0.2, -0.15) is 0 Å². The van der Waals surface area contributed by atoms with Crippen molar-refractivity contribution in [1.82, 2.24) is 10.2 Å². The first-order valence-corrected chi connectivity index (χ1v) is 16.7. The van der Waals surface area contributed by atoms with Gasteiger partial charge in [0.15, 0.2) is 6.29 Å². The van der Waals surface area contributed by atoms with E-state index in [-0.39, 0.29) is 31.3 Å². The zero-order chi connectivity index (χ0) is 32.0. The fraction of sp³-hybridized carbons (Fsp3) is 0.417. The van der Waals surface area contributed by atoms with E-state index in [1.165, 1.54) is 25.7 Å². The van der Waals surface area contributed by atoms with E-state index in [2.05, 4.69) is 29.8 Å². The van der Waals surface area contributed by atoms with Crippen molar-refractivity contribution in [2.75, 3.05) is 13.1 Å². The quantitative estimate of drug-likeness (QED) is 0.160. The van der Waals surface area contributed by atoms with Gasteiger partial charge < -0.3 is 19.9 Å². The molecular weight excluding hydrogens is 631 g/mol. The topological polar surface area (TPSA) is 71.0 Å². The lowest BCUT2D eigenvalue weighted by atomic mass is 9.89. The third-order valence-corrected chi connectivity index (χ3v) is 9.39. The van der Waals surface area contributed by atoms with Gasteiger partial charge >= 0.3 is 0 Å². The molecule has 45 heavy (non-hydrogen) atoms. The SMILES string of the molecule is C=CCN(CC1OC(c2cccc(-c3cccc(CNC(=O)C(Cl)(Cl)Cl)c3)c2)OC(c2ccc(CO)cc2)C1C)C1CCCC1. The smallest absolute Gasteiger partial charge is 0.272 e. The number of ether oxygens (including phenoxy) is 2. The van der Waals surface area contributed by atoms with Crippen molar-refractivity contribution in [3.8, 4) is 11.1 Å². The zero-order valence-corrected chi connectivity index (χ0v) is 27.8. The number of benzene rings is 3. The highest BCUT2D eigenvalue weighted by atomic mass is 35.6. The average molecular weight is 672 g/mol. The number of hydrogen-bond acceptors (Lipinski definition) is 5. The summed E-state index contributed by atoms with van der Waals surface area (Å²) in [6.45, 7) is 8.09. The third-order valence-electron chi connectivity index (χ3n) is 8.87. The minimum Gasteiger partial charge on any atom is -0.392 e. The summed E-state index contributed by atoms with van der Waals surface area (Å²) >= 11 is 17.1. The van der Waals surface area contributed by atoms with Crippen LogP contribution < -0.4 is 5.32 Å². The van der Waals surface area contributed by atoms with Crippen LogP contribution in [0.3, 0.4) is 0 Å². The van der Waals surface area contributed by atoms with E-state index in [9.17, 15) is 9.90 Å². The molecule has 0 aromatic heterocycles. The average Bonchev–Trinajstić information content (AvgIpc) is 3.59. The Morgan fingerprint density at radius 2 is 1.67 bits per heavy atom. The Morgan fingerprint density at radius 1 is 0.978 bits per heavy atom. The predicted octanol–water partition coefficient (Wildman–Crippen LogP) is 8.05. The normalized spacial score (nSPS) is 22.4. The number of aliphatic hydroxyl groups excluding tert-OH is 1. The Bertz CT molecular complexity index is 1440. The van der Waals surface area contributed by atoms with Crippen LogP contribution in [0.1, 0.15) is 67.3 Å². The summed E-state index contributed by atoms with van der Waals surface area (Å²) in [5, 5.41) is 12.3. The maximum atomic E-state index is 12.0. The number of alkyl halides is 3. The number of nitrogens with one attached hydrogen (secondary N) is 1. The molecule has 0 bridgehead atoms. The molecule has 1 saturated carbocycles. The lowest BCUT2D eigenvalue weighted by Gasteiger charge is -2.43. The van der Waals surface area contributed by atoms with Gasteiger partial charge in [0.25, 0.3) is 9.70 Å². The van der Waals surface area contributed by atoms with Crippen molar-refractivity contribution in [2.24, 2.45) is 5.92 Å². The third kappa shape index (κ3) is 8.69. The molecule has 3 aromatic carbocycles. The van der Waals surface area contributed by atoms with Gasteiger partial charge in [0, 0.05) is 37.2 Å². The Hall–Kier alpha value is -2.42. The van der Waals surface area contributed by atoms with Gasteiger partial charge in [0.2, 0.25) is 0 Å². The molecule has 9 heteroatoms. The fourth-order valence-corrected chi connectivity index (χ4v) is 6.58. The van der Waals surface area contributed by atoms with Crippen LogP contribution in [0.25, 0.3) is 11.1 Å². The van der Waals surface area contributed by atoms with Crippen molar-refractivity contribution in [3.05, 3.63) is 108 Å². The summed E-state index contributed by atoms with van der Waals surface area (Å²) in [5.74, 6) is -0.576. The number of carbonyl (C=O) groups excluding carboxylic acids is 1. The van der Waals surface area contributed by atoms with Gasteiger partial charge in [0.1, 0.15) is 0 Å². The molecule has 6 nitrogen and oxygen atoms in total. The second-order valence-corrected chi connectivity index (χ2v) is 14.3. The molecule has 2 fully saturated rings. The molecular formula is C36H41Cl3N2O4.